The molecule has 3 rings (SSSR count). The Kier molecular flexibility index (Phi) is 10.7. The summed E-state index contributed by atoms with van der Waals surface area (Å²) in [5, 5.41) is 3.14. The van der Waals surface area contributed by atoms with Crippen molar-refractivity contribution in [2.24, 2.45) is 0 Å². The Bertz CT molecular complexity index is 1450. The molecule has 0 aromatic heterocycles. The van der Waals surface area contributed by atoms with Crippen LogP contribution in [0.15, 0.2) is 71.6 Å². The van der Waals surface area contributed by atoms with Crippen LogP contribution < -0.4 is 9.62 Å². The standard InChI is InChI=1S/C30H35ClFN3O4S/c1-5-6-17-33-30(37)23(4)34(19-24-9-7-8-10-28(24)32)29(36)20-35(25-14-13-22(3)27(31)18-25)40(38,39)26-15-11-21(2)12-16-26/h7-16,18,23H,5-6,17,19-20H2,1-4H3,(H,33,37). The van der Waals surface area contributed by atoms with Crippen molar-refractivity contribution in [1.82, 2.24) is 10.2 Å². The van der Waals surface area contributed by atoms with Gasteiger partial charge in [-0.2, -0.15) is 0 Å². The summed E-state index contributed by atoms with van der Waals surface area (Å²) in [6.07, 6.45) is 1.63. The molecule has 0 saturated carbocycles. The number of rotatable bonds is 12. The molecule has 1 unspecified atom stereocenters. The molecule has 40 heavy (non-hydrogen) atoms. The first-order valence-corrected chi connectivity index (χ1v) is 14.9. The predicted molar refractivity (Wildman–Crippen MR) is 156 cm³/mol. The molecule has 0 aliphatic carbocycles. The number of sulfonamides is 1. The summed E-state index contributed by atoms with van der Waals surface area (Å²) in [7, 11) is -4.22. The molecule has 7 nitrogen and oxygen atoms in total. The van der Waals surface area contributed by atoms with Crippen molar-refractivity contribution in [2.75, 3.05) is 17.4 Å². The number of unbranched alkanes of at least 4 members (excludes halogenated alkanes) is 1. The number of hydrogen-bond donors (Lipinski definition) is 1. The van der Waals surface area contributed by atoms with Crippen LogP contribution in [-0.2, 0) is 26.2 Å². The van der Waals surface area contributed by atoms with Gasteiger partial charge < -0.3 is 10.2 Å². The van der Waals surface area contributed by atoms with Gasteiger partial charge in [0.2, 0.25) is 11.8 Å². The Morgan fingerprint density at radius 1 is 1.02 bits per heavy atom. The van der Waals surface area contributed by atoms with E-state index in [-0.39, 0.29) is 22.7 Å². The first-order chi connectivity index (χ1) is 18.9. The maximum Gasteiger partial charge on any atom is 0.264 e. The highest BCUT2D eigenvalue weighted by Gasteiger charge is 2.33. The van der Waals surface area contributed by atoms with Crippen molar-refractivity contribution in [2.45, 2.75) is 58.0 Å². The van der Waals surface area contributed by atoms with Gasteiger partial charge in [0, 0.05) is 23.7 Å². The van der Waals surface area contributed by atoms with Gasteiger partial charge in [-0.25, -0.2) is 12.8 Å². The summed E-state index contributed by atoms with van der Waals surface area (Å²) in [5.41, 5.74) is 2.01. The van der Waals surface area contributed by atoms with Crippen molar-refractivity contribution >= 4 is 39.1 Å². The third-order valence-electron chi connectivity index (χ3n) is 6.63. The average molecular weight is 588 g/mol. The van der Waals surface area contributed by atoms with E-state index in [2.05, 4.69) is 5.32 Å². The van der Waals surface area contributed by atoms with Gasteiger partial charge in [0.1, 0.15) is 18.4 Å². The second-order valence-electron chi connectivity index (χ2n) is 9.69. The molecule has 0 spiro atoms. The summed E-state index contributed by atoms with van der Waals surface area (Å²) < 4.78 is 43.3. The summed E-state index contributed by atoms with van der Waals surface area (Å²) in [6, 6.07) is 16.0. The Balaban J connectivity index is 2.03. The van der Waals surface area contributed by atoms with Crippen LogP contribution in [0, 0.1) is 19.7 Å². The number of carbonyl (C=O) groups excluding carboxylic acids is 2. The molecule has 2 amide bonds. The molecule has 1 atom stereocenters. The number of aryl methyl sites for hydroxylation is 2. The van der Waals surface area contributed by atoms with E-state index in [9.17, 15) is 22.4 Å². The average Bonchev–Trinajstić information content (AvgIpc) is 2.92. The monoisotopic (exact) mass is 587 g/mol. The first-order valence-electron chi connectivity index (χ1n) is 13.1. The molecular formula is C30H35ClFN3O4S. The number of anilines is 1. The molecular weight excluding hydrogens is 553 g/mol. The van der Waals surface area contributed by atoms with Gasteiger partial charge in [0.15, 0.2) is 0 Å². The molecule has 10 heteroatoms. The third kappa shape index (κ3) is 7.61. The van der Waals surface area contributed by atoms with Crippen LogP contribution in [0.2, 0.25) is 5.02 Å². The van der Waals surface area contributed by atoms with E-state index in [1.165, 1.54) is 41.3 Å². The summed E-state index contributed by atoms with van der Waals surface area (Å²) in [6.45, 7) is 6.73. The minimum atomic E-state index is -4.22. The lowest BCUT2D eigenvalue weighted by Gasteiger charge is -2.32. The van der Waals surface area contributed by atoms with E-state index in [0.717, 1.165) is 28.3 Å². The van der Waals surface area contributed by atoms with Crippen LogP contribution in [0.4, 0.5) is 10.1 Å². The molecule has 0 radical (unpaired) electrons. The molecule has 0 saturated heterocycles. The van der Waals surface area contributed by atoms with Gasteiger partial charge in [-0.3, -0.25) is 13.9 Å². The molecule has 3 aromatic rings. The zero-order valence-electron chi connectivity index (χ0n) is 23.2. The normalized spacial score (nSPS) is 12.1. The number of carbonyl (C=O) groups is 2. The van der Waals surface area contributed by atoms with E-state index in [0.29, 0.717) is 11.6 Å². The number of benzene rings is 3. The fraction of sp³-hybridized carbons (Fsp3) is 0.333. The Hall–Kier alpha value is -3.43. The van der Waals surface area contributed by atoms with Crippen LogP contribution in [0.5, 0.6) is 0 Å². The fourth-order valence-electron chi connectivity index (χ4n) is 4.03. The lowest BCUT2D eigenvalue weighted by Crippen LogP contribution is -2.51. The van der Waals surface area contributed by atoms with Crippen molar-refractivity contribution in [3.63, 3.8) is 0 Å². The SMILES string of the molecule is CCCCNC(=O)C(C)N(Cc1ccccc1F)C(=O)CN(c1ccc(C)c(Cl)c1)S(=O)(=O)c1ccc(C)cc1. The van der Waals surface area contributed by atoms with E-state index in [1.807, 2.05) is 13.8 Å². The summed E-state index contributed by atoms with van der Waals surface area (Å²) >= 11 is 6.34. The van der Waals surface area contributed by atoms with Crippen molar-refractivity contribution < 1.29 is 22.4 Å². The smallest absolute Gasteiger partial charge is 0.264 e. The fourth-order valence-corrected chi connectivity index (χ4v) is 5.61. The van der Waals surface area contributed by atoms with Gasteiger partial charge in [-0.05, 0) is 63.1 Å². The second-order valence-corrected chi connectivity index (χ2v) is 12.0. The van der Waals surface area contributed by atoms with E-state index in [4.69, 9.17) is 11.6 Å². The molecule has 0 bridgehead atoms. The van der Waals surface area contributed by atoms with Gasteiger partial charge in [0.05, 0.1) is 10.6 Å². The Morgan fingerprint density at radius 3 is 2.33 bits per heavy atom. The minimum absolute atomic E-state index is 0.00592. The maximum atomic E-state index is 14.6. The highest BCUT2D eigenvalue weighted by atomic mass is 35.5. The van der Waals surface area contributed by atoms with Crippen molar-refractivity contribution in [3.05, 3.63) is 94.3 Å². The number of nitrogens with one attached hydrogen (secondary N) is 1. The van der Waals surface area contributed by atoms with Gasteiger partial charge in [-0.15, -0.1) is 0 Å². The van der Waals surface area contributed by atoms with Crippen LogP contribution in [0.1, 0.15) is 43.4 Å². The molecule has 1 N–H and O–H groups in total. The van der Waals surface area contributed by atoms with E-state index in [1.54, 1.807) is 44.2 Å². The van der Waals surface area contributed by atoms with E-state index >= 15 is 0 Å². The zero-order chi connectivity index (χ0) is 29.4. The lowest BCUT2D eigenvalue weighted by atomic mass is 10.1. The number of hydrogen-bond acceptors (Lipinski definition) is 4. The lowest BCUT2D eigenvalue weighted by molar-refractivity contribution is -0.139. The van der Waals surface area contributed by atoms with E-state index < -0.39 is 40.2 Å². The van der Waals surface area contributed by atoms with Crippen LogP contribution in [-0.4, -0.2) is 44.3 Å². The largest absolute Gasteiger partial charge is 0.354 e. The van der Waals surface area contributed by atoms with Crippen molar-refractivity contribution in [1.29, 1.82) is 0 Å². The van der Waals surface area contributed by atoms with Gasteiger partial charge in [-0.1, -0.05) is 66.9 Å². The molecule has 0 aliphatic heterocycles. The molecule has 0 aliphatic rings. The molecule has 214 valence electrons. The number of nitrogens with zero attached hydrogens (tertiary/aromatic N) is 2. The molecule has 0 fully saturated rings. The number of halogens is 2. The third-order valence-corrected chi connectivity index (χ3v) is 8.82. The highest BCUT2D eigenvalue weighted by molar-refractivity contribution is 7.92. The Labute approximate surface area is 241 Å². The van der Waals surface area contributed by atoms with Gasteiger partial charge in [0.25, 0.3) is 10.0 Å². The first kappa shape index (κ1) is 31.1. The molecule has 0 heterocycles. The topological polar surface area (TPSA) is 86.8 Å². The Morgan fingerprint density at radius 2 is 1.70 bits per heavy atom. The predicted octanol–water partition coefficient (Wildman–Crippen LogP) is 5.62. The molecule has 3 aromatic carbocycles. The highest BCUT2D eigenvalue weighted by Crippen LogP contribution is 2.29. The maximum absolute atomic E-state index is 14.6. The van der Waals surface area contributed by atoms with Gasteiger partial charge >= 0.3 is 0 Å². The summed E-state index contributed by atoms with van der Waals surface area (Å²) in [4.78, 5) is 28.1. The summed E-state index contributed by atoms with van der Waals surface area (Å²) in [5.74, 6) is -1.62. The quantitative estimate of drug-likeness (QED) is 0.279. The van der Waals surface area contributed by atoms with Crippen LogP contribution >= 0.6 is 11.6 Å². The number of amides is 2. The van der Waals surface area contributed by atoms with Crippen LogP contribution in [0.25, 0.3) is 0 Å². The minimum Gasteiger partial charge on any atom is -0.354 e. The van der Waals surface area contributed by atoms with Crippen LogP contribution in [0.3, 0.4) is 0 Å². The second kappa shape index (κ2) is 13.8. The zero-order valence-corrected chi connectivity index (χ0v) is 24.7. The van der Waals surface area contributed by atoms with Crippen molar-refractivity contribution in [3.8, 4) is 0 Å².